The summed E-state index contributed by atoms with van der Waals surface area (Å²) in [4.78, 5) is 31.2. The summed E-state index contributed by atoms with van der Waals surface area (Å²) in [5, 5.41) is 0.515. The summed E-state index contributed by atoms with van der Waals surface area (Å²) >= 11 is 4.75. The van der Waals surface area contributed by atoms with Crippen LogP contribution in [0.1, 0.15) is 26.3 Å². The van der Waals surface area contributed by atoms with Crippen molar-refractivity contribution in [3.05, 3.63) is 57.2 Å². The van der Waals surface area contributed by atoms with Gasteiger partial charge in [-0.05, 0) is 80.6 Å². The van der Waals surface area contributed by atoms with Crippen molar-refractivity contribution >= 4 is 56.5 Å². The highest BCUT2D eigenvalue weighted by molar-refractivity contribution is 9.10. The lowest BCUT2D eigenvalue weighted by molar-refractivity contribution is -0.145. The first-order valence-electron chi connectivity index (χ1n) is 10.7. The molecule has 10 heteroatoms. The van der Waals surface area contributed by atoms with Crippen LogP contribution in [0, 0.1) is 5.82 Å². The fourth-order valence-corrected chi connectivity index (χ4v) is 4.51. The van der Waals surface area contributed by atoms with E-state index in [1.807, 2.05) is 13.8 Å². The number of carbonyl (C=O) groups excluding carboxylic acids is 2. The zero-order valence-electron chi connectivity index (χ0n) is 19.0. The second-order valence-electron chi connectivity index (χ2n) is 6.88. The van der Waals surface area contributed by atoms with Gasteiger partial charge < -0.3 is 14.2 Å². The lowest BCUT2D eigenvalue weighted by Crippen LogP contribution is -2.28. The smallest absolute Gasteiger partial charge is 0.344 e. The van der Waals surface area contributed by atoms with E-state index in [0.717, 1.165) is 0 Å². The molecule has 0 aliphatic carbocycles. The summed E-state index contributed by atoms with van der Waals surface area (Å²) in [5.74, 6) is -0.196. The Kier molecular flexibility index (Phi) is 9.12. The van der Waals surface area contributed by atoms with Crippen LogP contribution in [0.2, 0.25) is 0 Å². The number of esters is 1. The molecule has 0 saturated carbocycles. The van der Waals surface area contributed by atoms with Gasteiger partial charge in [-0.15, -0.1) is 0 Å². The number of ether oxygens (including phenoxy) is 3. The highest BCUT2D eigenvalue weighted by Crippen LogP contribution is 2.38. The molecule has 2 aromatic rings. The van der Waals surface area contributed by atoms with E-state index in [1.54, 1.807) is 42.2 Å². The minimum Gasteiger partial charge on any atom is -0.490 e. The van der Waals surface area contributed by atoms with E-state index in [0.29, 0.717) is 50.4 Å². The van der Waals surface area contributed by atoms with E-state index in [-0.39, 0.29) is 24.9 Å². The average molecular weight is 551 g/mol. The summed E-state index contributed by atoms with van der Waals surface area (Å²) in [6, 6.07) is 9.19. The first kappa shape index (κ1) is 25.8. The van der Waals surface area contributed by atoms with Crippen molar-refractivity contribution in [2.75, 3.05) is 26.4 Å². The average Bonchev–Trinajstić information content (AvgIpc) is 3.10. The summed E-state index contributed by atoms with van der Waals surface area (Å²) in [6.45, 7) is 6.27. The fourth-order valence-electron chi connectivity index (χ4n) is 3.02. The molecule has 0 aromatic heterocycles. The molecule has 1 aliphatic rings. The Morgan fingerprint density at radius 2 is 1.82 bits per heavy atom. The summed E-state index contributed by atoms with van der Waals surface area (Å²) < 4.78 is 30.0. The topological polar surface area (TPSA) is 77.4 Å². The quantitative estimate of drug-likeness (QED) is 0.301. The summed E-state index contributed by atoms with van der Waals surface area (Å²) in [5.41, 5.74) is 1.25. The number of carbonyl (C=O) groups is 2. The Balaban J connectivity index is 1.89. The normalized spacial score (nSPS) is 15.8. The fraction of sp³-hybridized carbons (Fsp3) is 0.292. The van der Waals surface area contributed by atoms with Crippen molar-refractivity contribution in [2.24, 2.45) is 4.99 Å². The zero-order chi connectivity index (χ0) is 24.7. The third-order valence-corrected chi connectivity index (χ3v) is 6.25. The minimum atomic E-state index is -0.479. The van der Waals surface area contributed by atoms with Crippen molar-refractivity contribution in [1.29, 1.82) is 0 Å². The predicted octanol–water partition coefficient (Wildman–Crippen LogP) is 5.55. The molecule has 1 saturated heterocycles. The van der Waals surface area contributed by atoms with Gasteiger partial charge in [0, 0.05) is 11.0 Å². The first-order chi connectivity index (χ1) is 16.4. The van der Waals surface area contributed by atoms with Crippen LogP contribution in [-0.2, 0) is 14.3 Å². The molecule has 2 aromatic carbocycles. The number of likely N-dealkylation sites (N-methyl/N-ethyl adjacent to an activating group) is 1. The van der Waals surface area contributed by atoms with Gasteiger partial charge in [0.25, 0.3) is 5.91 Å². The Morgan fingerprint density at radius 3 is 2.47 bits per heavy atom. The highest BCUT2D eigenvalue weighted by Gasteiger charge is 2.32. The van der Waals surface area contributed by atoms with Gasteiger partial charge in [-0.25, -0.2) is 14.2 Å². The molecular weight excluding hydrogens is 527 g/mol. The Bertz CT molecular complexity index is 1120. The van der Waals surface area contributed by atoms with E-state index in [1.165, 1.54) is 23.9 Å². The Labute approximate surface area is 210 Å². The van der Waals surface area contributed by atoms with Crippen LogP contribution in [0.25, 0.3) is 6.08 Å². The number of aliphatic imine (C=N–C) groups is 1. The molecule has 0 atom stereocenters. The van der Waals surface area contributed by atoms with Gasteiger partial charge in [-0.1, -0.05) is 15.9 Å². The van der Waals surface area contributed by atoms with Gasteiger partial charge in [-0.3, -0.25) is 9.69 Å². The van der Waals surface area contributed by atoms with Crippen molar-refractivity contribution in [2.45, 2.75) is 20.8 Å². The molecule has 3 rings (SSSR count). The molecular formula is C24H24BrFN2O5S. The number of amidine groups is 1. The van der Waals surface area contributed by atoms with Crippen LogP contribution in [0.5, 0.6) is 11.5 Å². The second kappa shape index (κ2) is 12.0. The SMILES string of the molecule is CCOC(=O)COc1cc(Br)c(/C=C2/SC(=Nc3ccc(F)cc3)N(CC)C2=O)cc1OCC. The van der Waals surface area contributed by atoms with Crippen molar-refractivity contribution in [1.82, 2.24) is 4.90 Å². The largest absolute Gasteiger partial charge is 0.490 e. The van der Waals surface area contributed by atoms with Gasteiger partial charge >= 0.3 is 5.97 Å². The number of rotatable bonds is 9. The van der Waals surface area contributed by atoms with E-state index in [2.05, 4.69) is 20.9 Å². The molecule has 1 fully saturated rings. The number of hydrogen-bond acceptors (Lipinski definition) is 7. The predicted molar refractivity (Wildman–Crippen MR) is 134 cm³/mol. The lowest BCUT2D eigenvalue weighted by Gasteiger charge is -2.14. The lowest BCUT2D eigenvalue weighted by atomic mass is 10.2. The van der Waals surface area contributed by atoms with Crippen LogP contribution >= 0.6 is 27.7 Å². The maximum Gasteiger partial charge on any atom is 0.344 e. The Hall–Kier alpha value is -2.85. The van der Waals surface area contributed by atoms with Crippen LogP contribution in [0.15, 0.2) is 50.8 Å². The molecule has 1 heterocycles. The van der Waals surface area contributed by atoms with Gasteiger partial charge in [-0.2, -0.15) is 0 Å². The van der Waals surface area contributed by atoms with Gasteiger partial charge in [0.05, 0.1) is 23.8 Å². The molecule has 1 aliphatic heterocycles. The maximum absolute atomic E-state index is 13.2. The molecule has 0 radical (unpaired) electrons. The number of benzene rings is 2. The monoisotopic (exact) mass is 550 g/mol. The number of nitrogens with zero attached hydrogens (tertiary/aromatic N) is 2. The van der Waals surface area contributed by atoms with Crippen molar-refractivity contribution < 1.29 is 28.2 Å². The van der Waals surface area contributed by atoms with Crippen LogP contribution in [0.3, 0.4) is 0 Å². The molecule has 0 N–H and O–H groups in total. The van der Waals surface area contributed by atoms with Gasteiger partial charge in [0.2, 0.25) is 0 Å². The van der Waals surface area contributed by atoms with Crippen molar-refractivity contribution in [3.8, 4) is 11.5 Å². The van der Waals surface area contributed by atoms with Crippen molar-refractivity contribution in [3.63, 3.8) is 0 Å². The minimum absolute atomic E-state index is 0.180. The standard InChI is InChI=1S/C24H24BrFN2O5S/c1-4-28-23(30)21(34-24(28)27-17-9-7-16(26)8-10-17)12-15-11-19(31-5-2)20(13-18(15)25)33-14-22(29)32-6-3/h7-13H,4-6,14H2,1-3H3/b21-12+,27-24?. The second-order valence-corrected chi connectivity index (χ2v) is 8.74. The Morgan fingerprint density at radius 1 is 1.12 bits per heavy atom. The third-order valence-electron chi connectivity index (χ3n) is 4.56. The van der Waals surface area contributed by atoms with E-state index in [9.17, 15) is 14.0 Å². The van der Waals surface area contributed by atoms with Crippen LogP contribution in [0.4, 0.5) is 10.1 Å². The van der Waals surface area contributed by atoms with E-state index in [4.69, 9.17) is 14.2 Å². The molecule has 7 nitrogen and oxygen atoms in total. The molecule has 0 spiro atoms. The summed E-state index contributed by atoms with van der Waals surface area (Å²) in [7, 11) is 0. The molecule has 0 bridgehead atoms. The zero-order valence-corrected chi connectivity index (χ0v) is 21.4. The molecule has 180 valence electrons. The maximum atomic E-state index is 13.2. The van der Waals surface area contributed by atoms with Crippen LogP contribution in [-0.4, -0.2) is 48.3 Å². The van der Waals surface area contributed by atoms with E-state index >= 15 is 0 Å². The summed E-state index contributed by atoms with van der Waals surface area (Å²) in [6.07, 6.45) is 1.74. The number of halogens is 2. The number of thioether (sulfide) groups is 1. The number of hydrogen-bond donors (Lipinski definition) is 0. The highest BCUT2D eigenvalue weighted by atomic mass is 79.9. The van der Waals surface area contributed by atoms with E-state index < -0.39 is 5.97 Å². The molecule has 34 heavy (non-hydrogen) atoms. The molecule has 0 unspecified atom stereocenters. The number of amides is 1. The first-order valence-corrected chi connectivity index (χ1v) is 12.3. The molecule has 1 amide bonds. The van der Waals surface area contributed by atoms with Gasteiger partial charge in [0.1, 0.15) is 5.82 Å². The van der Waals surface area contributed by atoms with Gasteiger partial charge in [0.15, 0.2) is 23.3 Å². The third kappa shape index (κ3) is 6.38. The van der Waals surface area contributed by atoms with Crippen LogP contribution < -0.4 is 9.47 Å².